The SMILES string of the molecule is CCC(c1ccc(F)cc1F)N1CCN(C(=O)[C@@H](N)CCSC)CC1.Cl. The van der Waals surface area contributed by atoms with Crippen molar-refractivity contribution in [3.05, 3.63) is 35.4 Å². The third-order valence-electron chi connectivity index (χ3n) is 4.73. The van der Waals surface area contributed by atoms with Gasteiger partial charge in [-0.05, 0) is 30.9 Å². The van der Waals surface area contributed by atoms with Gasteiger partial charge in [0.25, 0.3) is 0 Å². The second-order valence-electron chi connectivity index (χ2n) is 6.34. The van der Waals surface area contributed by atoms with Crippen molar-refractivity contribution in [3.63, 3.8) is 0 Å². The molecule has 1 aromatic carbocycles. The summed E-state index contributed by atoms with van der Waals surface area (Å²) < 4.78 is 27.3. The maximum Gasteiger partial charge on any atom is 0.239 e. The minimum Gasteiger partial charge on any atom is -0.339 e. The summed E-state index contributed by atoms with van der Waals surface area (Å²) in [6.45, 7) is 4.49. The Morgan fingerprint density at radius 2 is 1.92 bits per heavy atom. The predicted molar refractivity (Wildman–Crippen MR) is 106 cm³/mol. The second-order valence-corrected chi connectivity index (χ2v) is 7.32. The van der Waals surface area contributed by atoms with Crippen molar-refractivity contribution < 1.29 is 13.6 Å². The van der Waals surface area contributed by atoms with Gasteiger partial charge in [0.15, 0.2) is 0 Å². The summed E-state index contributed by atoms with van der Waals surface area (Å²) in [5.41, 5.74) is 6.49. The zero-order valence-corrected chi connectivity index (χ0v) is 16.9. The van der Waals surface area contributed by atoms with Crippen LogP contribution in [0.25, 0.3) is 0 Å². The third kappa shape index (κ3) is 5.81. The molecule has 1 aliphatic heterocycles. The molecule has 2 N–H and O–H groups in total. The van der Waals surface area contributed by atoms with Crippen LogP contribution in [-0.4, -0.2) is 59.9 Å². The van der Waals surface area contributed by atoms with E-state index in [9.17, 15) is 13.6 Å². The Hall–Kier alpha value is -0.890. The van der Waals surface area contributed by atoms with Crippen molar-refractivity contribution in [2.45, 2.75) is 31.8 Å². The molecular formula is C18H28ClF2N3OS. The highest BCUT2D eigenvalue weighted by atomic mass is 35.5. The van der Waals surface area contributed by atoms with Crippen LogP contribution in [0.1, 0.15) is 31.4 Å². The molecule has 148 valence electrons. The van der Waals surface area contributed by atoms with Crippen molar-refractivity contribution in [2.24, 2.45) is 5.73 Å². The molecule has 0 bridgehead atoms. The van der Waals surface area contributed by atoms with E-state index in [1.54, 1.807) is 16.7 Å². The quantitative estimate of drug-likeness (QED) is 0.754. The number of hydrogen-bond acceptors (Lipinski definition) is 4. The first-order chi connectivity index (χ1) is 12.0. The Bertz CT molecular complexity index is 586. The first kappa shape index (κ1) is 23.1. The molecule has 2 atom stereocenters. The van der Waals surface area contributed by atoms with Crippen LogP contribution < -0.4 is 5.73 Å². The molecule has 1 amide bonds. The van der Waals surface area contributed by atoms with Crippen LogP contribution >= 0.6 is 24.2 Å². The average Bonchev–Trinajstić information content (AvgIpc) is 2.62. The summed E-state index contributed by atoms with van der Waals surface area (Å²) in [4.78, 5) is 16.3. The molecule has 1 aromatic rings. The van der Waals surface area contributed by atoms with Gasteiger partial charge in [-0.25, -0.2) is 8.78 Å². The smallest absolute Gasteiger partial charge is 0.239 e. The Morgan fingerprint density at radius 1 is 1.27 bits per heavy atom. The van der Waals surface area contributed by atoms with E-state index in [0.29, 0.717) is 38.2 Å². The van der Waals surface area contributed by atoms with Crippen LogP contribution in [0.15, 0.2) is 18.2 Å². The minimum atomic E-state index is -0.564. The van der Waals surface area contributed by atoms with Crippen LogP contribution in [-0.2, 0) is 4.79 Å². The summed E-state index contributed by atoms with van der Waals surface area (Å²) in [7, 11) is 0. The van der Waals surface area contributed by atoms with E-state index >= 15 is 0 Å². The first-order valence-corrected chi connectivity index (χ1v) is 10.1. The largest absolute Gasteiger partial charge is 0.339 e. The Kier molecular flexibility index (Phi) is 9.85. The fraction of sp³-hybridized carbons (Fsp3) is 0.611. The molecule has 1 unspecified atom stereocenters. The lowest BCUT2D eigenvalue weighted by atomic mass is 10.0. The molecule has 0 aliphatic carbocycles. The maximum atomic E-state index is 14.1. The van der Waals surface area contributed by atoms with Crippen LogP contribution in [0.2, 0.25) is 0 Å². The highest BCUT2D eigenvalue weighted by Gasteiger charge is 2.29. The van der Waals surface area contributed by atoms with Crippen LogP contribution in [0.3, 0.4) is 0 Å². The molecule has 26 heavy (non-hydrogen) atoms. The van der Waals surface area contributed by atoms with Crippen LogP contribution in [0, 0.1) is 11.6 Å². The summed E-state index contributed by atoms with van der Waals surface area (Å²) in [6.07, 6.45) is 3.40. The number of rotatable bonds is 7. The van der Waals surface area contributed by atoms with Gasteiger partial charge in [0.05, 0.1) is 6.04 Å². The lowest BCUT2D eigenvalue weighted by Gasteiger charge is -2.40. The van der Waals surface area contributed by atoms with Gasteiger partial charge in [-0.1, -0.05) is 13.0 Å². The van der Waals surface area contributed by atoms with Gasteiger partial charge in [-0.3, -0.25) is 9.69 Å². The molecule has 1 aliphatic rings. The summed E-state index contributed by atoms with van der Waals surface area (Å²) >= 11 is 1.68. The standard InChI is InChI=1S/C18H27F2N3OS.ClH/c1-3-17(14-5-4-13(19)12-15(14)20)22-7-9-23(10-8-22)18(24)16(21)6-11-25-2;/h4-5,12,16-17H,3,6-11,21H2,1-2H3;1H/t16-,17?;/m0./s1. The van der Waals surface area contributed by atoms with Crippen molar-refractivity contribution >= 4 is 30.1 Å². The lowest BCUT2D eigenvalue weighted by Crippen LogP contribution is -2.53. The number of carbonyl (C=O) groups is 1. The monoisotopic (exact) mass is 407 g/mol. The molecular weight excluding hydrogens is 380 g/mol. The highest BCUT2D eigenvalue weighted by molar-refractivity contribution is 7.98. The Balaban J connectivity index is 0.00000338. The summed E-state index contributed by atoms with van der Waals surface area (Å²) in [5, 5.41) is 0. The zero-order valence-electron chi connectivity index (χ0n) is 15.3. The van der Waals surface area contributed by atoms with Gasteiger partial charge < -0.3 is 10.6 Å². The number of carbonyl (C=O) groups excluding carboxylic acids is 1. The van der Waals surface area contributed by atoms with Crippen molar-refractivity contribution in [1.29, 1.82) is 0 Å². The van der Waals surface area contributed by atoms with Gasteiger partial charge in [0, 0.05) is 43.9 Å². The van der Waals surface area contributed by atoms with E-state index in [2.05, 4.69) is 4.90 Å². The first-order valence-electron chi connectivity index (χ1n) is 8.70. The molecule has 1 saturated heterocycles. The zero-order chi connectivity index (χ0) is 18.4. The fourth-order valence-corrected chi connectivity index (χ4v) is 3.79. The number of nitrogens with two attached hydrogens (primary N) is 1. The molecule has 2 rings (SSSR count). The van der Waals surface area contributed by atoms with Gasteiger partial charge in [-0.2, -0.15) is 11.8 Å². The van der Waals surface area contributed by atoms with E-state index < -0.39 is 17.7 Å². The summed E-state index contributed by atoms with van der Waals surface area (Å²) in [6, 6.07) is 3.20. The number of hydrogen-bond donors (Lipinski definition) is 1. The van der Waals surface area contributed by atoms with Crippen LogP contribution in [0.5, 0.6) is 0 Å². The predicted octanol–water partition coefficient (Wildman–Crippen LogP) is 3.06. The number of piperazine rings is 1. The lowest BCUT2D eigenvalue weighted by molar-refractivity contribution is -0.134. The molecule has 1 heterocycles. The van der Waals surface area contributed by atoms with E-state index in [1.807, 2.05) is 13.2 Å². The van der Waals surface area contributed by atoms with Crippen molar-refractivity contribution in [3.8, 4) is 0 Å². The average molecular weight is 408 g/mol. The number of benzene rings is 1. The molecule has 0 saturated carbocycles. The molecule has 0 radical (unpaired) electrons. The minimum absolute atomic E-state index is 0. The van der Waals surface area contributed by atoms with E-state index in [1.165, 1.54) is 12.1 Å². The number of amides is 1. The Morgan fingerprint density at radius 3 is 2.46 bits per heavy atom. The Labute approximate surface area is 164 Å². The van der Waals surface area contributed by atoms with E-state index in [0.717, 1.165) is 18.2 Å². The van der Waals surface area contributed by atoms with Crippen molar-refractivity contribution in [1.82, 2.24) is 9.80 Å². The molecule has 8 heteroatoms. The topological polar surface area (TPSA) is 49.6 Å². The van der Waals surface area contributed by atoms with Gasteiger partial charge in [0.2, 0.25) is 5.91 Å². The maximum absolute atomic E-state index is 14.1. The fourth-order valence-electron chi connectivity index (χ4n) is 3.30. The van der Waals surface area contributed by atoms with Crippen molar-refractivity contribution in [2.75, 3.05) is 38.2 Å². The third-order valence-corrected chi connectivity index (χ3v) is 5.37. The number of nitrogens with zero attached hydrogens (tertiary/aromatic N) is 2. The number of thioether (sulfide) groups is 1. The van der Waals surface area contributed by atoms with Gasteiger partial charge in [0.1, 0.15) is 11.6 Å². The van der Waals surface area contributed by atoms with E-state index in [-0.39, 0.29) is 24.4 Å². The molecule has 0 aromatic heterocycles. The molecule has 4 nitrogen and oxygen atoms in total. The van der Waals surface area contributed by atoms with Crippen LogP contribution in [0.4, 0.5) is 8.78 Å². The molecule has 1 fully saturated rings. The second kappa shape index (κ2) is 11.1. The normalized spacial score (nSPS) is 17.5. The molecule has 0 spiro atoms. The van der Waals surface area contributed by atoms with E-state index in [4.69, 9.17) is 5.73 Å². The van der Waals surface area contributed by atoms with Gasteiger partial charge >= 0.3 is 0 Å². The number of halogens is 3. The highest BCUT2D eigenvalue weighted by Crippen LogP contribution is 2.28. The summed E-state index contributed by atoms with van der Waals surface area (Å²) in [5.74, 6) is -0.209. The van der Waals surface area contributed by atoms with Gasteiger partial charge in [-0.15, -0.1) is 12.4 Å².